The first-order valence-corrected chi connectivity index (χ1v) is 12.7. The van der Waals surface area contributed by atoms with E-state index >= 15 is 0 Å². The number of ether oxygens (including phenoxy) is 3. The number of hydrogen-bond donors (Lipinski definition) is 11. The van der Waals surface area contributed by atoms with Crippen molar-refractivity contribution in [3.05, 3.63) is 52.2 Å². The Morgan fingerprint density at radius 3 is 1.93 bits per heavy atom. The van der Waals surface area contributed by atoms with E-state index in [1.807, 2.05) is 0 Å². The van der Waals surface area contributed by atoms with Gasteiger partial charge in [0.05, 0.1) is 12.2 Å². The maximum absolute atomic E-state index is 13.6. The number of esters is 1. The number of fused-ring (bicyclic) bond motifs is 1. The third-order valence-corrected chi connectivity index (χ3v) is 6.85. The normalized spacial score (nSPS) is 21.4. The first-order chi connectivity index (χ1) is 21.2. The number of phenols is 8. The molecule has 17 heteroatoms. The molecule has 2 heterocycles. The highest BCUT2D eigenvalue weighted by Gasteiger charge is 2.48. The summed E-state index contributed by atoms with van der Waals surface area (Å²) in [6.45, 7) is -0.966. The molecular weight excluding hydrogens is 608 g/mol. The van der Waals surface area contributed by atoms with E-state index in [0.717, 1.165) is 36.4 Å². The first kappa shape index (κ1) is 30.8. The smallest absolute Gasteiger partial charge is 0.338 e. The predicted octanol–water partition coefficient (Wildman–Crippen LogP) is 0.148. The van der Waals surface area contributed by atoms with E-state index < -0.39 is 123 Å². The molecule has 1 saturated heterocycles. The number of aliphatic hydroxyl groups is 3. The third-order valence-electron chi connectivity index (χ3n) is 6.85. The van der Waals surface area contributed by atoms with Gasteiger partial charge in [0.1, 0.15) is 40.8 Å². The van der Waals surface area contributed by atoms with Gasteiger partial charge in [-0.25, -0.2) is 4.79 Å². The zero-order valence-corrected chi connectivity index (χ0v) is 22.4. The van der Waals surface area contributed by atoms with Crippen LogP contribution in [-0.2, 0) is 9.47 Å². The van der Waals surface area contributed by atoms with Gasteiger partial charge in [-0.15, -0.1) is 0 Å². The van der Waals surface area contributed by atoms with Crippen molar-refractivity contribution in [3.8, 4) is 63.1 Å². The SMILES string of the molecule is O=C(OC1C(CO)OC(Oc2c(-c3cc(O)c(O)c(O)c3)oc3cc(O)cc(O)c3c2=O)C(O)C1O)c1cc(O)c(O)c(O)c1. The minimum absolute atomic E-state index is 0.295. The van der Waals surface area contributed by atoms with Gasteiger partial charge in [0.2, 0.25) is 17.5 Å². The minimum Gasteiger partial charge on any atom is -0.508 e. The lowest BCUT2D eigenvalue weighted by atomic mass is 9.98. The molecule has 0 bridgehead atoms. The maximum Gasteiger partial charge on any atom is 0.338 e. The van der Waals surface area contributed by atoms with Crippen molar-refractivity contribution in [1.29, 1.82) is 0 Å². The van der Waals surface area contributed by atoms with E-state index in [1.165, 1.54) is 0 Å². The summed E-state index contributed by atoms with van der Waals surface area (Å²) in [6.07, 6.45) is -9.68. The van der Waals surface area contributed by atoms with Crippen LogP contribution in [0.2, 0.25) is 0 Å². The van der Waals surface area contributed by atoms with Gasteiger partial charge in [0.25, 0.3) is 0 Å². The van der Waals surface area contributed by atoms with E-state index in [-0.39, 0.29) is 5.56 Å². The van der Waals surface area contributed by atoms with Crippen LogP contribution in [0.4, 0.5) is 0 Å². The predicted molar refractivity (Wildman–Crippen MR) is 145 cm³/mol. The molecule has 5 unspecified atom stereocenters. The molecular formula is C28H24O17. The Bertz CT molecular complexity index is 1820. The molecule has 0 amide bonds. The van der Waals surface area contributed by atoms with Crippen molar-refractivity contribution in [2.75, 3.05) is 6.61 Å². The molecule has 17 nitrogen and oxygen atoms in total. The molecule has 1 aromatic heterocycles. The molecule has 5 atom stereocenters. The number of aliphatic hydroxyl groups excluding tert-OH is 3. The van der Waals surface area contributed by atoms with Gasteiger partial charge in [0, 0.05) is 17.7 Å². The second-order valence-electron chi connectivity index (χ2n) is 9.85. The molecule has 45 heavy (non-hydrogen) atoms. The van der Waals surface area contributed by atoms with Gasteiger partial charge in [-0.05, 0) is 24.3 Å². The molecule has 1 aliphatic rings. The van der Waals surface area contributed by atoms with Gasteiger partial charge in [0.15, 0.2) is 46.4 Å². The van der Waals surface area contributed by atoms with Crippen LogP contribution in [0, 0.1) is 0 Å². The summed E-state index contributed by atoms with van der Waals surface area (Å²) in [5, 5.41) is 110. The molecule has 5 rings (SSSR count). The number of aromatic hydroxyl groups is 8. The second kappa shape index (κ2) is 11.5. The van der Waals surface area contributed by atoms with Crippen LogP contribution in [0.3, 0.4) is 0 Å². The summed E-state index contributed by atoms with van der Waals surface area (Å²) in [4.78, 5) is 26.3. The third kappa shape index (κ3) is 5.47. The Morgan fingerprint density at radius 2 is 1.36 bits per heavy atom. The molecule has 0 aliphatic carbocycles. The molecule has 3 aromatic carbocycles. The van der Waals surface area contributed by atoms with E-state index in [4.69, 9.17) is 18.6 Å². The average Bonchev–Trinajstić information content (AvgIpc) is 2.98. The molecule has 4 aromatic rings. The Hall–Kier alpha value is -5.62. The number of phenolic OH excluding ortho intramolecular Hbond substituents is 8. The van der Waals surface area contributed by atoms with Crippen LogP contribution >= 0.6 is 0 Å². The summed E-state index contributed by atoms with van der Waals surface area (Å²) in [5.41, 5.74) is -2.33. The van der Waals surface area contributed by atoms with Crippen LogP contribution in [0.5, 0.6) is 51.7 Å². The fourth-order valence-corrected chi connectivity index (χ4v) is 4.63. The highest BCUT2D eigenvalue weighted by Crippen LogP contribution is 2.43. The lowest BCUT2D eigenvalue weighted by molar-refractivity contribution is -0.277. The quantitative estimate of drug-likeness (QED) is 0.0995. The van der Waals surface area contributed by atoms with Crippen LogP contribution < -0.4 is 10.2 Å². The summed E-state index contributed by atoms with van der Waals surface area (Å²) in [5.74, 6) is -9.31. The van der Waals surface area contributed by atoms with Gasteiger partial charge in [-0.2, -0.15) is 0 Å². The zero-order chi connectivity index (χ0) is 32.9. The van der Waals surface area contributed by atoms with Crippen molar-refractivity contribution < 1.29 is 79.6 Å². The van der Waals surface area contributed by atoms with Crippen molar-refractivity contribution >= 4 is 16.9 Å². The number of carbonyl (C=O) groups excluding carboxylic acids is 1. The second-order valence-corrected chi connectivity index (χ2v) is 9.85. The highest BCUT2D eigenvalue weighted by atomic mass is 16.7. The van der Waals surface area contributed by atoms with Crippen molar-refractivity contribution in [2.45, 2.75) is 30.7 Å². The molecule has 1 fully saturated rings. The van der Waals surface area contributed by atoms with Crippen molar-refractivity contribution in [1.82, 2.24) is 0 Å². The Balaban J connectivity index is 1.53. The van der Waals surface area contributed by atoms with Gasteiger partial charge in [-0.1, -0.05) is 0 Å². The van der Waals surface area contributed by atoms with Gasteiger partial charge in [-0.3, -0.25) is 4.79 Å². The van der Waals surface area contributed by atoms with Crippen molar-refractivity contribution in [2.24, 2.45) is 0 Å². The topological polar surface area (TPSA) is 298 Å². The Labute approximate surface area is 249 Å². The lowest BCUT2D eigenvalue weighted by Gasteiger charge is -2.41. The first-order valence-electron chi connectivity index (χ1n) is 12.7. The minimum atomic E-state index is -2.13. The van der Waals surface area contributed by atoms with E-state index in [1.54, 1.807) is 0 Å². The monoisotopic (exact) mass is 632 g/mol. The van der Waals surface area contributed by atoms with E-state index in [2.05, 4.69) is 0 Å². The molecule has 0 spiro atoms. The lowest BCUT2D eigenvalue weighted by Crippen LogP contribution is -2.61. The standard InChI is InChI=1S/C28H24O17/c29-7-17-25(44-27(41)9-3-14(34)20(37)15(35)4-9)22(39)23(40)28(43-17)45-26-21(38)18-11(31)5-10(30)6-16(18)42-24(26)8-1-12(32)19(36)13(33)2-8/h1-6,17,22-23,25,28-37,39-40H,7H2. The molecule has 0 saturated carbocycles. The fraction of sp³-hybridized carbons (Fsp3) is 0.214. The van der Waals surface area contributed by atoms with Crippen LogP contribution in [0.1, 0.15) is 10.4 Å². The van der Waals surface area contributed by atoms with Gasteiger partial charge < -0.3 is 74.8 Å². The van der Waals surface area contributed by atoms with Crippen molar-refractivity contribution in [3.63, 3.8) is 0 Å². The number of benzene rings is 3. The maximum atomic E-state index is 13.6. The molecule has 0 radical (unpaired) electrons. The number of rotatable bonds is 6. The Kier molecular flexibility index (Phi) is 7.86. The molecule has 238 valence electrons. The fourth-order valence-electron chi connectivity index (χ4n) is 4.63. The number of carbonyl (C=O) groups is 1. The molecule has 11 N–H and O–H groups in total. The van der Waals surface area contributed by atoms with Crippen LogP contribution in [-0.4, -0.2) is 99.5 Å². The summed E-state index contributed by atoms with van der Waals surface area (Å²) >= 11 is 0. The zero-order valence-electron chi connectivity index (χ0n) is 22.4. The Morgan fingerprint density at radius 1 is 0.778 bits per heavy atom. The van der Waals surface area contributed by atoms with Crippen LogP contribution in [0.25, 0.3) is 22.3 Å². The average molecular weight is 632 g/mol. The largest absolute Gasteiger partial charge is 0.508 e. The van der Waals surface area contributed by atoms with Gasteiger partial charge >= 0.3 is 5.97 Å². The van der Waals surface area contributed by atoms with E-state index in [0.29, 0.717) is 0 Å². The summed E-state index contributed by atoms with van der Waals surface area (Å²) < 4.78 is 21.9. The highest BCUT2D eigenvalue weighted by molar-refractivity contribution is 5.91. The van der Waals surface area contributed by atoms with E-state index in [9.17, 15) is 65.8 Å². The number of hydrogen-bond acceptors (Lipinski definition) is 17. The summed E-state index contributed by atoms with van der Waals surface area (Å²) in [6, 6.07) is 4.94. The van der Waals surface area contributed by atoms with Crippen LogP contribution in [0.15, 0.2) is 45.6 Å². The summed E-state index contributed by atoms with van der Waals surface area (Å²) in [7, 11) is 0. The molecule has 1 aliphatic heterocycles.